The van der Waals surface area contributed by atoms with Gasteiger partial charge in [0.25, 0.3) is 0 Å². The Morgan fingerprint density at radius 2 is 2.29 bits per heavy atom. The fourth-order valence-electron chi connectivity index (χ4n) is 1.71. The first-order valence-corrected chi connectivity index (χ1v) is 5.42. The lowest BCUT2D eigenvalue weighted by Gasteiger charge is -2.25. The van der Waals surface area contributed by atoms with Gasteiger partial charge in [-0.3, -0.25) is 19.3 Å². The molecule has 3 amide bonds. The fourth-order valence-corrected chi connectivity index (χ4v) is 1.71. The van der Waals surface area contributed by atoms with E-state index in [-0.39, 0.29) is 43.4 Å². The van der Waals surface area contributed by atoms with Crippen molar-refractivity contribution < 1.29 is 19.6 Å². The van der Waals surface area contributed by atoms with E-state index in [2.05, 4.69) is 0 Å². The number of hydrogen-bond donors (Lipinski definition) is 2. The molecule has 1 aliphatic rings. The molecule has 0 radical (unpaired) electrons. The highest BCUT2D eigenvalue weighted by molar-refractivity contribution is 6.03. The largest absolute Gasteiger partial charge is 0.325 e. The molecule has 2 atom stereocenters. The summed E-state index contributed by atoms with van der Waals surface area (Å²) in [5.74, 6) is -0.838. The van der Waals surface area contributed by atoms with Crippen molar-refractivity contribution in [2.75, 3.05) is 13.2 Å². The summed E-state index contributed by atoms with van der Waals surface area (Å²) in [6.45, 7) is 3.51. The second-order valence-electron chi connectivity index (χ2n) is 4.31. The SMILES string of the molecule is CC(CN(C=O)CN1C(=O)CC(C)C1=O)NO. The van der Waals surface area contributed by atoms with Gasteiger partial charge in [-0.2, -0.15) is 0 Å². The molecule has 7 heteroatoms. The molecule has 7 nitrogen and oxygen atoms in total. The van der Waals surface area contributed by atoms with Crippen LogP contribution >= 0.6 is 0 Å². The Kier molecular flexibility index (Phi) is 4.59. The highest BCUT2D eigenvalue weighted by atomic mass is 16.5. The Hall–Kier alpha value is -1.47. The average Bonchev–Trinajstić information content (AvgIpc) is 2.54. The molecule has 2 unspecified atom stereocenters. The van der Waals surface area contributed by atoms with E-state index in [9.17, 15) is 14.4 Å². The molecule has 17 heavy (non-hydrogen) atoms. The maximum absolute atomic E-state index is 11.6. The molecule has 0 aromatic rings. The molecule has 0 aliphatic carbocycles. The molecule has 0 aromatic heterocycles. The first kappa shape index (κ1) is 13.6. The van der Waals surface area contributed by atoms with Crippen LogP contribution in [0.4, 0.5) is 0 Å². The zero-order valence-electron chi connectivity index (χ0n) is 9.92. The Morgan fingerprint density at radius 3 is 2.71 bits per heavy atom. The van der Waals surface area contributed by atoms with E-state index >= 15 is 0 Å². The van der Waals surface area contributed by atoms with Gasteiger partial charge in [-0.1, -0.05) is 6.92 Å². The second-order valence-corrected chi connectivity index (χ2v) is 4.31. The third-order valence-electron chi connectivity index (χ3n) is 2.67. The summed E-state index contributed by atoms with van der Waals surface area (Å²) in [5.41, 5.74) is 2.00. The highest BCUT2D eigenvalue weighted by Gasteiger charge is 2.36. The van der Waals surface area contributed by atoms with Gasteiger partial charge >= 0.3 is 0 Å². The van der Waals surface area contributed by atoms with Gasteiger partial charge in [0.1, 0.15) is 6.67 Å². The van der Waals surface area contributed by atoms with Crippen LogP contribution in [0.1, 0.15) is 20.3 Å². The van der Waals surface area contributed by atoms with E-state index in [1.54, 1.807) is 13.8 Å². The van der Waals surface area contributed by atoms with Gasteiger partial charge < -0.3 is 10.1 Å². The molecular formula is C10H17N3O4. The number of imide groups is 1. The Labute approximate surface area is 99.3 Å². The Balaban J connectivity index is 2.59. The van der Waals surface area contributed by atoms with Crippen LogP contribution in [0.3, 0.4) is 0 Å². The summed E-state index contributed by atoms with van der Waals surface area (Å²) in [7, 11) is 0. The third-order valence-corrected chi connectivity index (χ3v) is 2.67. The van der Waals surface area contributed by atoms with E-state index in [4.69, 9.17) is 5.21 Å². The van der Waals surface area contributed by atoms with Crippen LogP contribution in [-0.2, 0) is 14.4 Å². The highest BCUT2D eigenvalue weighted by Crippen LogP contribution is 2.18. The lowest BCUT2D eigenvalue weighted by atomic mass is 10.1. The molecule has 0 saturated carbocycles. The average molecular weight is 243 g/mol. The fraction of sp³-hybridized carbons (Fsp3) is 0.700. The molecule has 1 fully saturated rings. The van der Waals surface area contributed by atoms with Crippen molar-refractivity contribution >= 4 is 18.2 Å². The van der Waals surface area contributed by atoms with Gasteiger partial charge in [0, 0.05) is 24.9 Å². The van der Waals surface area contributed by atoms with Crippen molar-refractivity contribution in [3.8, 4) is 0 Å². The van der Waals surface area contributed by atoms with Crippen molar-refractivity contribution in [1.82, 2.24) is 15.3 Å². The molecule has 0 spiro atoms. The number of hydroxylamine groups is 1. The van der Waals surface area contributed by atoms with Gasteiger partial charge in [0.2, 0.25) is 18.2 Å². The van der Waals surface area contributed by atoms with E-state index in [1.165, 1.54) is 4.90 Å². The number of likely N-dealkylation sites (tertiary alicyclic amines) is 1. The van der Waals surface area contributed by atoms with E-state index in [0.29, 0.717) is 6.41 Å². The van der Waals surface area contributed by atoms with Crippen LogP contribution in [0.15, 0.2) is 0 Å². The Morgan fingerprint density at radius 1 is 1.65 bits per heavy atom. The zero-order chi connectivity index (χ0) is 13.0. The lowest BCUT2D eigenvalue weighted by molar-refractivity contribution is -0.142. The first-order valence-electron chi connectivity index (χ1n) is 5.42. The summed E-state index contributed by atoms with van der Waals surface area (Å²) in [5, 5.41) is 8.65. The molecular weight excluding hydrogens is 226 g/mol. The molecule has 1 aliphatic heterocycles. The molecule has 1 heterocycles. The second kappa shape index (κ2) is 5.74. The molecule has 2 N–H and O–H groups in total. The molecule has 1 rings (SSSR count). The number of carbonyl (C=O) groups excluding carboxylic acids is 3. The predicted octanol–water partition coefficient (Wildman–Crippen LogP) is -0.835. The smallest absolute Gasteiger partial charge is 0.234 e. The summed E-state index contributed by atoms with van der Waals surface area (Å²) >= 11 is 0. The van der Waals surface area contributed by atoms with Crippen LogP contribution in [0.5, 0.6) is 0 Å². The minimum Gasteiger partial charge on any atom is -0.325 e. The van der Waals surface area contributed by atoms with Crippen LogP contribution in [0, 0.1) is 5.92 Å². The first-order chi connectivity index (χ1) is 7.99. The maximum Gasteiger partial charge on any atom is 0.234 e. The molecule has 96 valence electrons. The van der Waals surface area contributed by atoms with Crippen LogP contribution in [0.25, 0.3) is 0 Å². The van der Waals surface area contributed by atoms with E-state index < -0.39 is 0 Å². The standard InChI is InChI=1S/C10H17N3O4/c1-7-3-9(15)13(10(7)16)5-12(6-14)4-8(2)11-17/h6-8,11,17H,3-5H2,1-2H3. The zero-order valence-corrected chi connectivity index (χ0v) is 9.92. The number of rotatable bonds is 6. The van der Waals surface area contributed by atoms with Crippen molar-refractivity contribution in [2.24, 2.45) is 5.92 Å². The van der Waals surface area contributed by atoms with Gasteiger partial charge in [-0.25, -0.2) is 5.48 Å². The number of carbonyl (C=O) groups is 3. The van der Waals surface area contributed by atoms with Crippen LogP contribution in [-0.4, -0.2) is 52.5 Å². The molecule has 0 aromatic carbocycles. The normalized spacial score (nSPS) is 21.8. The monoisotopic (exact) mass is 243 g/mol. The van der Waals surface area contributed by atoms with E-state index in [1.807, 2.05) is 5.48 Å². The summed E-state index contributed by atoms with van der Waals surface area (Å²) < 4.78 is 0. The van der Waals surface area contributed by atoms with Gasteiger partial charge in [0.15, 0.2) is 0 Å². The minimum absolute atomic E-state index is 0.0580. The van der Waals surface area contributed by atoms with Crippen LogP contribution in [0.2, 0.25) is 0 Å². The maximum atomic E-state index is 11.6. The number of amides is 3. The minimum atomic E-state index is -0.328. The summed E-state index contributed by atoms with van der Waals surface area (Å²) in [6, 6.07) is -0.328. The topological polar surface area (TPSA) is 90.0 Å². The van der Waals surface area contributed by atoms with Crippen molar-refractivity contribution in [2.45, 2.75) is 26.3 Å². The van der Waals surface area contributed by atoms with Crippen molar-refractivity contribution in [3.63, 3.8) is 0 Å². The van der Waals surface area contributed by atoms with Crippen molar-refractivity contribution in [3.05, 3.63) is 0 Å². The Bertz CT molecular complexity index is 321. The summed E-state index contributed by atoms with van der Waals surface area (Å²) in [4.78, 5) is 36.3. The number of nitrogens with zero attached hydrogens (tertiary/aromatic N) is 2. The number of nitrogens with one attached hydrogen (secondary N) is 1. The van der Waals surface area contributed by atoms with Gasteiger partial charge in [0.05, 0.1) is 0 Å². The molecule has 1 saturated heterocycles. The third kappa shape index (κ3) is 3.24. The molecule has 0 bridgehead atoms. The number of hydrogen-bond acceptors (Lipinski definition) is 5. The quantitative estimate of drug-likeness (QED) is 0.361. The summed E-state index contributed by atoms with van der Waals surface area (Å²) in [6.07, 6.45) is 0.747. The van der Waals surface area contributed by atoms with Gasteiger partial charge in [-0.05, 0) is 6.92 Å². The van der Waals surface area contributed by atoms with Gasteiger partial charge in [-0.15, -0.1) is 0 Å². The van der Waals surface area contributed by atoms with E-state index in [0.717, 1.165) is 4.90 Å². The van der Waals surface area contributed by atoms with Crippen LogP contribution < -0.4 is 5.48 Å². The predicted molar refractivity (Wildman–Crippen MR) is 57.7 cm³/mol. The lowest BCUT2D eigenvalue weighted by Crippen LogP contribution is -2.45. The van der Waals surface area contributed by atoms with Crippen molar-refractivity contribution in [1.29, 1.82) is 0 Å².